The van der Waals surface area contributed by atoms with Gasteiger partial charge in [0.25, 0.3) is 0 Å². The Balaban J connectivity index is 5.12. The van der Waals surface area contributed by atoms with Gasteiger partial charge in [0, 0.05) is 25.7 Å². The zero-order valence-electron chi connectivity index (χ0n) is 65.9. The van der Waals surface area contributed by atoms with Crippen molar-refractivity contribution in [3.8, 4) is 0 Å². The number of esters is 4. The number of aliphatic hydroxyl groups excluding tert-OH is 1. The second-order valence-corrected chi connectivity index (χ2v) is 32.4. The molecule has 0 aromatic heterocycles. The topological polar surface area (TPSA) is 237 Å². The van der Waals surface area contributed by atoms with Crippen molar-refractivity contribution in [3.05, 3.63) is 0 Å². The highest BCUT2D eigenvalue weighted by Crippen LogP contribution is 2.45. The Kier molecular flexibility index (Phi) is 74.8. The zero-order valence-corrected chi connectivity index (χ0v) is 67.7. The molecular formula is C82H160O17P2. The van der Waals surface area contributed by atoms with Crippen LogP contribution >= 0.6 is 15.6 Å². The van der Waals surface area contributed by atoms with Gasteiger partial charge in [-0.15, -0.1) is 0 Å². The van der Waals surface area contributed by atoms with E-state index in [2.05, 4.69) is 27.7 Å². The van der Waals surface area contributed by atoms with Gasteiger partial charge in [0.05, 0.1) is 26.4 Å². The molecule has 3 N–H and O–H groups in total. The first-order chi connectivity index (χ1) is 49.2. The number of carbonyl (C=O) groups is 4. The summed E-state index contributed by atoms with van der Waals surface area (Å²) in [5, 5.41) is 10.6. The van der Waals surface area contributed by atoms with E-state index in [1.807, 2.05) is 0 Å². The molecule has 0 saturated heterocycles. The fraction of sp³-hybridized carbons (Fsp3) is 0.951. The molecule has 19 heteroatoms. The summed E-state index contributed by atoms with van der Waals surface area (Å²) in [6.07, 6.45) is 69.8. The highest BCUT2D eigenvalue weighted by atomic mass is 31.2. The van der Waals surface area contributed by atoms with Crippen LogP contribution in [0.15, 0.2) is 0 Å². The van der Waals surface area contributed by atoms with Crippen LogP contribution in [-0.2, 0) is 65.4 Å². The minimum absolute atomic E-state index is 0.107. The minimum atomic E-state index is -4.96. The first-order valence-electron chi connectivity index (χ1n) is 42.8. The Labute approximate surface area is 619 Å². The van der Waals surface area contributed by atoms with Crippen molar-refractivity contribution in [2.75, 3.05) is 39.6 Å². The van der Waals surface area contributed by atoms with Gasteiger partial charge in [0.1, 0.15) is 19.3 Å². The predicted octanol–water partition coefficient (Wildman–Crippen LogP) is 25.0. The lowest BCUT2D eigenvalue weighted by molar-refractivity contribution is -0.161. The lowest BCUT2D eigenvalue weighted by atomic mass is 10.0. The highest BCUT2D eigenvalue weighted by Gasteiger charge is 2.30. The van der Waals surface area contributed by atoms with Gasteiger partial charge in [-0.05, 0) is 25.7 Å². The minimum Gasteiger partial charge on any atom is -0.462 e. The maximum Gasteiger partial charge on any atom is 0.472 e. The number of unbranched alkanes of at least 4 members (excludes halogenated alkanes) is 57. The third-order valence-electron chi connectivity index (χ3n) is 19.4. The number of aliphatic hydroxyl groups is 1. The van der Waals surface area contributed by atoms with Crippen LogP contribution in [0.4, 0.5) is 0 Å². The molecule has 0 aromatic rings. The quantitative estimate of drug-likeness (QED) is 0.0222. The standard InChI is InChI=1S/C82H160O17P2/c1-5-9-13-17-21-24-27-29-31-33-35-37-39-41-43-45-47-50-53-57-61-65-69-82(87)99-78(73-93-80(85)67-63-59-55-51-49-46-44-42-40-38-36-34-32-30-28-25-22-18-14-10-6-2)75-97-101(90,91)95-71-76(83)70-94-100(88,89)96-74-77(72-92-79(84)66-62-58-54-20-16-12-8-4)98-81(86)68-64-60-56-52-48-26-23-19-15-11-7-3/h76-78,83H,5-75H2,1-4H3,(H,88,89)(H,90,91)/t76-,77+,78+/m0/s1. The van der Waals surface area contributed by atoms with Gasteiger partial charge in [-0.1, -0.05) is 394 Å². The molecule has 0 aromatic carbocycles. The molecule has 0 aliphatic heterocycles. The van der Waals surface area contributed by atoms with Crippen LogP contribution in [0.2, 0.25) is 0 Å². The first kappa shape index (κ1) is 99.1. The summed E-state index contributed by atoms with van der Waals surface area (Å²) in [6, 6.07) is 0. The van der Waals surface area contributed by atoms with E-state index in [0.29, 0.717) is 25.7 Å². The number of rotatable bonds is 83. The van der Waals surface area contributed by atoms with E-state index in [9.17, 15) is 43.2 Å². The molecule has 0 saturated carbocycles. The Bertz CT molecular complexity index is 1910. The van der Waals surface area contributed by atoms with Crippen LogP contribution in [0.5, 0.6) is 0 Å². The fourth-order valence-corrected chi connectivity index (χ4v) is 14.4. The summed E-state index contributed by atoms with van der Waals surface area (Å²) < 4.78 is 68.6. The van der Waals surface area contributed by atoms with Crippen LogP contribution in [0.1, 0.15) is 445 Å². The van der Waals surface area contributed by atoms with Gasteiger partial charge in [-0.3, -0.25) is 37.3 Å². The SMILES string of the molecule is CCCCCCCCCCCCCCCCCCCCCCCCC(=O)O[C@H](COC(=O)CCCCCCCCCCCCCCCCCCCCCCC)COP(=O)(O)OC[C@@H](O)COP(=O)(O)OC[C@@H](COC(=O)CCCCCCCCC)OC(=O)CCCCCCCCCCCCC. The van der Waals surface area contributed by atoms with Gasteiger partial charge < -0.3 is 33.8 Å². The Morgan fingerprint density at radius 1 is 0.238 bits per heavy atom. The summed E-state index contributed by atoms with van der Waals surface area (Å²) in [5.41, 5.74) is 0. The van der Waals surface area contributed by atoms with Gasteiger partial charge >= 0.3 is 39.5 Å². The fourth-order valence-electron chi connectivity index (χ4n) is 12.8. The molecule has 0 fully saturated rings. The van der Waals surface area contributed by atoms with Crippen molar-refractivity contribution in [2.45, 2.75) is 463 Å². The van der Waals surface area contributed by atoms with Crippen molar-refractivity contribution >= 4 is 39.5 Å². The number of phosphoric ester groups is 2. The van der Waals surface area contributed by atoms with E-state index in [1.165, 1.54) is 263 Å². The lowest BCUT2D eigenvalue weighted by Gasteiger charge is -2.21. The smallest absolute Gasteiger partial charge is 0.462 e. The molecule has 17 nitrogen and oxygen atoms in total. The molecule has 0 aliphatic rings. The maximum absolute atomic E-state index is 13.1. The largest absolute Gasteiger partial charge is 0.472 e. The summed E-state index contributed by atoms with van der Waals surface area (Å²) in [7, 11) is -9.91. The van der Waals surface area contributed by atoms with Crippen LogP contribution in [0, 0.1) is 0 Å². The third kappa shape index (κ3) is 76.1. The number of phosphoric acid groups is 2. The molecule has 101 heavy (non-hydrogen) atoms. The number of ether oxygens (including phenoxy) is 4. The van der Waals surface area contributed by atoms with Crippen LogP contribution < -0.4 is 0 Å². The second-order valence-electron chi connectivity index (χ2n) is 29.5. The van der Waals surface area contributed by atoms with E-state index < -0.39 is 97.5 Å². The molecule has 2 unspecified atom stereocenters. The average molecular weight is 1480 g/mol. The molecule has 0 amide bonds. The molecule has 0 aliphatic carbocycles. The second kappa shape index (κ2) is 76.3. The molecule has 0 heterocycles. The Hall–Kier alpha value is -1.94. The molecule has 600 valence electrons. The number of hydrogen-bond acceptors (Lipinski definition) is 15. The van der Waals surface area contributed by atoms with Gasteiger partial charge in [-0.2, -0.15) is 0 Å². The molecular weight excluding hydrogens is 1320 g/mol. The summed E-state index contributed by atoms with van der Waals surface area (Å²) in [4.78, 5) is 72.8. The van der Waals surface area contributed by atoms with Gasteiger partial charge in [0.15, 0.2) is 12.2 Å². The van der Waals surface area contributed by atoms with Crippen molar-refractivity contribution in [2.24, 2.45) is 0 Å². The molecule has 0 bridgehead atoms. The van der Waals surface area contributed by atoms with E-state index in [0.717, 1.165) is 103 Å². The highest BCUT2D eigenvalue weighted by molar-refractivity contribution is 7.47. The zero-order chi connectivity index (χ0) is 73.9. The lowest BCUT2D eigenvalue weighted by Crippen LogP contribution is -2.30. The van der Waals surface area contributed by atoms with Crippen LogP contribution in [0.25, 0.3) is 0 Å². The van der Waals surface area contributed by atoms with Crippen molar-refractivity contribution < 1.29 is 80.2 Å². The van der Waals surface area contributed by atoms with Crippen molar-refractivity contribution in [1.82, 2.24) is 0 Å². The first-order valence-corrected chi connectivity index (χ1v) is 45.8. The molecule has 0 radical (unpaired) electrons. The van der Waals surface area contributed by atoms with Crippen molar-refractivity contribution in [1.29, 1.82) is 0 Å². The average Bonchev–Trinajstić information content (AvgIpc) is 0.969. The van der Waals surface area contributed by atoms with Crippen LogP contribution in [0.3, 0.4) is 0 Å². The predicted molar refractivity (Wildman–Crippen MR) is 414 cm³/mol. The summed E-state index contributed by atoms with van der Waals surface area (Å²) in [6.45, 7) is 4.97. The normalized spacial score (nSPS) is 13.8. The number of carbonyl (C=O) groups excluding carboxylic acids is 4. The van der Waals surface area contributed by atoms with E-state index in [-0.39, 0.29) is 25.7 Å². The number of hydrogen-bond donors (Lipinski definition) is 3. The molecule has 0 rings (SSSR count). The van der Waals surface area contributed by atoms with E-state index >= 15 is 0 Å². The van der Waals surface area contributed by atoms with Gasteiger partial charge in [0.2, 0.25) is 0 Å². The Morgan fingerprint density at radius 2 is 0.396 bits per heavy atom. The monoisotopic (exact) mass is 1480 g/mol. The van der Waals surface area contributed by atoms with E-state index in [1.54, 1.807) is 0 Å². The van der Waals surface area contributed by atoms with Gasteiger partial charge in [-0.25, -0.2) is 9.13 Å². The van der Waals surface area contributed by atoms with Crippen molar-refractivity contribution in [3.63, 3.8) is 0 Å². The van der Waals surface area contributed by atoms with E-state index in [4.69, 9.17) is 37.0 Å². The molecule has 0 spiro atoms. The Morgan fingerprint density at radius 3 is 0.584 bits per heavy atom. The third-order valence-corrected chi connectivity index (χ3v) is 21.3. The molecule has 5 atom stereocenters. The maximum atomic E-state index is 13.1. The van der Waals surface area contributed by atoms with Crippen LogP contribution in [-0.4, -0.2) is 96.7 Å². The summed E-state index contributed by atoms with van der Waals surface area (Å²) >= 11 is 0. The summed E-state index contributed by atoms with van der Waals surface area (Å²) in [5.74, 6) is -2.11.